The zero-order chi connectivity index (χ0) is 15.5. The number of β-amino-alcohol motifs (C(OH)–C–C–N with tert-alkyl or cyclic N) is 1. The predicted molar refractivity (Wildman–Crippen MR) is 80.8 cm³/mol. The Kier molecular flexibility index (Phi) is 5.21. The van der Waals surface area contributed by atoms with Gasteiger partial charge in [-0.3, -0.25) is 4.90 Å². The summed E-state index contributed by atoms with van der Waals surface area (Å²) in [5, 5.41) is 9.91. The summed E-state index contributed by atoms with van der Waals surface area (Å²) in [5.74, 6) is 0.781. The highest BCUT2D eigenvalue weighted by Gasteiger charge is 2.31. The normalized spacial score (nSPS) is 23.4. The van der Waals surface area contributed by atoms with Gasteiger partial charge in [0.2, 0.25) is 10.0 Å². The molecule has 1 aliphatic rings. The van der Waals surface area contributed by atoms with Crippen molar-refractivity contribution in [1.82, 2.24) is 9.62 Å². The Balaban J connectivity index is 2.05. The Morgan fingerprint density at radius 2 is 2.24 bits per heavy atom. The van der Waals surface area contributed by atoms with Gasteiger partial charge in [-0.1, -0.05) is 12.1 Å². The molecule has 21 heavy (non-hydrogen) atoms. The van der Waals surface area contributed by atoms with E-state index in [1.54, 1.807) is 7.11 Å². The molecule has 2 rings (SSSR count). The highest BCUT2D eigenvalue weighted by atomic mass is 32.2. The second-order valence-electron chi connectivity index (χ2n) is 5.34. The summed E-state index contributed by atoms with van der Waals surface area (Å²) in [6, 6.07) is 7.84. The summed E-state index contributed by atoms with van der Waals surface area (Å²) in [4.78, 5) is 2.09. The lowest BCUT2D eigenvalue weighted by atomic mass is 10.0. The first-order valence-corrected chi connectivity index (χ1v) is 8.79. The first-order valence-electron chi connectivity index (χ1n) is 6.90. The largest absolute Gasteiger partial charge is 0.497 e. The first-order chi connectivity index (χ1) is 9.89. The maximum atomic E-state index is 11.1. The molecule has 1 aromatic rings. The lowest BCUT2D eigenvalue weighted by Crippen LogP contribution is -2.34. The quantitative estimate of drug-likeness (QED) is 0.792. The van der Waals surface area contributed by atoms with E-state index >= 15 is 0 Å². The molecule has 2 atom stereocenters. The standard InChI is InChI=1S/C14H22N2O4S/c1-20-13-5-3-4-11(8-13)14-9-12(17)10-16(14)7-6-15-21(2,18)19/h3-5,8,12,14-15,17H,6-7,9-10H2,1-2H3/t12-,14-/m1/s1. The molecule has 0 radical (unpaired) electrons. The van der Waals surface area contributed by atoms with Crippen LogP contribution in [0.3, 0.4) is 0 Å². The molecule has 1 fully saturated rings. The zero-order valence-electron chi connectivity index (χ0n) is 12.3. The van der Waals surface area contributed by atoms with Gasteiger partial charge in [0.25, 0.3) is 0 Å². The van der Waals surface area contributed by atoms with Crippen LogP contribution in [0.25, 0.3) is 0 Å². The van der Waals surface area contributed by atoms with Crippen molar-refractivity contribution in [3.63, 3.8) is 0 Å². The van der Waals surface area contributed by atoms with Crippen molar-refractivity contribution in [2.24, 2.45) is 0 Å². The second-order valence-corrected chi connectivity index (χ2v) is 7.18. The lowest BCUT2D eigenvalue weighted by molar-refractivity contribution is 0.176. The summed E-state index contributed by atoms with van der Waals surface area (Å²) >= 11 is 0. The topological polar surface area (TPSA) is 78.9 Å². The molecule has 0 amide bonds. The van der Waals surface area contributed by atoms with Crippen molar-refractivity contribution in [3.8, 4) is 5.75 Å². The van der Waals surface area contributed by atoms with Crippen LogP contribution < -0.4 is 9.46 Å². The molecule has 0 bridgehead atoms. The Bertz CT molecular complexity index is 576. The van der Waals surface area contributed by atoms with Crippen molar-refractivity contribution >= 4 is 10.0 Å². The molecule has 0 aliphatic carbocycles. The highest BCUT2D eigenvalue weighted by molar-refractivity contribution is 7.88. The summed E-state index contributed by atoms with van der Waals surface area (Å²) in [6.45, 7) is 1.45. The van der Waals surface area contributed by atoms with Gasteiger partial charge >= 0.3 is 0 Å². The van der Waals surface area contributed by atoms with Gasteiger partial charge in [-0.05, 0) is 24.1 Å². The molecule has 6 nitrogen and oxygen atoms in total. The van der Waals surface area contributed by atoms with Crippen molar-refractivity contribution < 1.29 is 18.3 Å². The highest BCUT2D eigenvalue weighted by Crippen LogP contribution is 2.33. The molecule has 0 aromatic heterocycles. The summed E-state index contributed by atoms with van der Waals surface area (Å²) in [5.41, 5.74) is 1.07. The van der Waals surface area contributed by atoms with Crippen LogP contribution in [-0.4, -0.2) is 57.5 Å². The van der Waals surface area contributed by atoms with Gasteiger partial charge in [-0.25, -0.2) is 13.1 Å². The Morgan fingerprint density at radius 1 is 1.48 bits per heavy atom. The van der Waals surface area contributed by atoms with Gasteiger partial charge in [-0.15, -0.1) is 0 Å². The first kappa shape index (κ1) is 16.2. The molecular weight excluding hydrogens is 292 g/mol. The zero-order valence-corrected chi connectivity index (χ0v) is 13.1. The molecule has 1 saturated heterocycles. The van der Waals surface area contributed by atoms with Gasteiger partial charge in [0.15, 0.2) is 0 Å². The Hall–Kier alpha value is -1.15. The molecule has 1 aliphatic heterocycles. The van der Waals surface area contributed by atoms with Crippen LogP contribution in [0.1, 0.15) is 18.0 Å². The maximum absolute atomic E-state index is 11.1. The van der Waals surface area contributed by atoms with Crippen LogP contribution in [0, 0.1) is 0 Å². The number of likely N-dealkylation sites (tertiary alicyclic amines) is 1. The average molecular weight is 314 g/mol. The Morgan fingerprint density at radius 3 is 2.90 bits per heavy atom. The smallest absolute Gasteiger partial charge is 0.208 e. The number of aliphatic hydroxyl groups excluding tert-OH is 1. The second kappa shape index (κ2) is 6.74. The molecule has 1 heterocycles. The minimum absolute atomic E-state index is 0.0801. The fraction of sp³-hybridized carbons (Fsp3) is 0.571. The van der Waals surface area contributed by atoms with E-state index in [0.29, 0.717) is 26.1 Å². The van der Waals surface area contributed by atoms with E-state index in [1.807, 2.05) is 24.3 Å². The number of nitrogens with zero attached hydrogens (tertiary/aromatic N) is 1. The molecule has 2 N–H and O–H groups in total. The molecule has 0 saturated carbocycles. The fourth-order valence-electron chi connectivity index (χ4n) is 2.70. The average Bonchev–Trinajstić information content (AvgIpc) is 2.78. The van der Waals surface area contributed by atoms with E-state index in [-0.39, 0.29) is 12.1 Å². The SMILES string of the molecule is COc1cccc([C@H]2C[C@@H](O)CN2CCNS(C)(=O)=O)c1. The summed E-state index contributed by atoms with van der Waals surface area (Å²) in [6.07, 6.45) is 1.40. The number of aliphatic hydroxyl groups is 1. The number of rotatable bonds is 6. The lowest BCUT2D eigenvalue weighted by Gasteiger charge is -2.24. The van der Waals surface area contributed by atoms with E-state index in [1.165, 1.54) is 0 Å². The van der Waals surface area contributed by atoms with Crippen molar-refractivity contribution in [2.45, 2.75) is 18.6 Å². The Labute approximate surface area is 125 Å². The third kappa shape index (κ3) is 4.67. The number of ether oxygens (including phenoxy) is 1. The van der Waals surface area contributed by atoms with Crippen LogP contribution in [0.5, 0.6) is 5.75 Å². The number of hydrogen-bond donors (Lipinski definition) is 2. The van der Waals surface area contributed by atoms with E-state index in [2.05, 4.69) is 9.62 Å². The summed E-state index contributed by atoms with van der Waals surface area (Å²) < 4.78 is 29.9. The van der Waals surface area contributed by atoms with Gasteiger partial charge in [0.1, 0.15) is 5.75 Å². The van der Waals surface area contributed by atoms with Crippen molar-refractivity contribution in [2.75, 3.05) is 33.0 Å². The summed E-state index contributed by atoms with van der Waals surface area (Å²) in [7, 11) is -1.56. The molecule has 7 heteroatoms. The van der Waals surface area contributed by atoms with Gasteiger partial charge in [0.05, 0.1) is 19.5 Å². The molecule has 0 spiro atoms. The maximum Gasteiger partial charge on any atom is 0.208 e. The van der Waals surface area contributed by atoms with Gasteiger partial charge in [-0.2, -0.15) is 0 Å². The monoisotopic (exact) mass is 314 g/mol. The number of hydrogen-bond acceptors (Lipinski definition) is 5. The van der Waals surface area contributed by atoms with E-state index in [4.69, 9.17) is 4.74 Å². The number of benzene rings is 1. The van der Waals surface area contributed by atoms with Crippen LogP contribution in [0.15, 0.2) is 24.3 Å². The van der Waals surface area contributed by atoms with E-state index < -0.39 is 10.0 Å². The molecule has 1 aromatic carbocycles. The third-order valence-electron chi connectivity index (χ3n) is 3.62. The number of methoxy groups -OCH3 is 1. The number of nitrogens with one attached hydrogen (secondary N) is 1. The molecule has 0 unspecified atom stereocenters. The van der Waals surface area contributed by atoms with Crippen molar-refractivity contribution in [1.29, 1.82) is 0 Å². The third-order valence-corrected chi connectivity index (χ3v) is 4.35. The van der Waals surface area contributed by atoms with Gasteiger partial charge < -0.3 is 9.84 Å². The van der Waals surface area contributed by atoms with Crippen LogP contribution in [0.4, 0.5) is 0 Å². The minimum atomic E-state index is -3.18. The molecule has 118 valence electrons. The number of sulfonamides is 1. The van der Waals surface area contributed by atoms with Crippen LogP contribution >= 0.6 is 0 Å². The molecular formula is C14H22N2O4S. The van der Waals surface area contributed by atoms with Crippen molar-refractivity contribution in [3.05, 3.63) is 29.8 Å². The van der Waals surface area contributed by atoms with Gasteiger partial charge in [0, 0.05) is 25.7 Å². The van der Waals surface area contributed by atoms with E-state index in [0.717, 1.165) is 17.6 Å². The van der Waals surface area contributed by atoms with Crippen LogP contribution in [0.2, 0.25) is 0 Å². The van der Waals surface area contributed by atoms with E-state index in [9.17, 15) is 13.5 Å². The minimum Gasteiger partial charge on any atom is -0.497 e. The predicted octanol–water partition coefficient (Wildman–Crippen LogP) is 0.352. The van der Waals surface area contributed by atoms with Crippen LogP contribution in [-0.2, 0) is 10.0 Å². The fourth-order valence-corrected chi connectivity index (χ4v) is 3.16.